The summed E-state index contributed by atoms with van der Waals surface area (Å²) in [6.07, 6.45) is -5.35. The number of carbonyl (C=O) groups excluding carboxylic acids is 2. The molecule has 0 saturated carbocycles. The smallest absolute Gasteiger partial charge is 0.417 e. The van der Waals surface area contributed by atoms with Crippen LogP contribution in [0.5, 0.6) is 0 Å². The molecule has 0 aliphatic carbocycles. The lowest BCUT2D eigenvalue weighted by atomic mass is 9.61. The molecule has 3 aliphatic rings. The lowest BCUT2D eigenvalue weighted by molar-refractivity contribution is -0.182. The topological polar surface area (TPSA) is 128 Å². The molecule has 1 aromatic rings. The first kappa shape index (κ1) is 20.3. The first-order valence-electron chi connectivity index (χ1n) is 8.86. The number of hydrogen-bond donors (Lipinski definition) is 2. The van der Waals surface area contributed by atoms with E-state index < -0.39 is 75.8 Å². The third kappa shape index (κ3) is 2.20. The fourth-order valence-electron chi connectivity index (χ4n) is 5.17. The van der Waals surface area contributed by atoms with Crippen molar-refractivity contribution in [3.8, 4) is 6.07 Å². The van der Waals surface area contributed by atoms with E-state index in [2.05, 4.69) is 0 Å². The average Bonchev–Trinajstić information content (AvgIpc) is 3.13. The second kappa shape index (κ2) is 5.59. The highest BCUT2D eigenvalue weighted by Gasteiger charge is 2.82. The summed E-state index contributed by atoms with van der Waals surface area (Å²) in [4.78, 5) is 38.5. The molecule has 2 unspecified atom stereocenters. The number of nitrogens with zero attached hydrogens (tertiary/aromatic N) is 2. The maximum atomic E-state index is 13.3. The molecule has 30 heavy (non-hydrogen) atoms. The van der Waals surface area contributed by atoms with Gasteiger partial charge in [0.05, 0.1) is 40.3 Å². The summed E-state index contributed by atoms with van der Waals surface area (Å²) in [6, 6.07) is 3.85. The number of carboxylic acids is 1. The number of ether oxygens (including phenoxy) is 1. The van der Waals surface area contributed by atoms with E-state index in [0.29, 0.717) is 11.0 Å². The Bertz CT molecular complexity index is 1070. The van der Waals surface area contributed by atoms with Crippen molar-refractivity contribution in [3.63, 3.8) is 0 Å². The fourth-order valence-corrected chi connectivity index (χ4v) is 5.17. The second-order valence-electron chi connectivity index (χ2n) is 8.17. The number of nitriles is 1. The standard InChI is InChI=1S/C19H15F3N2O6/c1-16-7-18(29,15(27)28)17(2,30-16)12-11(16)13(25)24(14(12)26)9-4-3-8(6-23)10(5-9)19(20,21)22/h3-5,11-12,29H,7H2,1-2H3,(H,27,28)/t11?,12?,16-,17+,18+/m0/s1. The summed E-state index contributed by atoms with van der Waals surface area (Å²) in [5, 5.41) is 29.2. The Kier molecular flexibility index (Phi) is 3.78. The van der Waals surface area contributed by atoms with Crippen LogP contribution >= 0.6 is 0 Å². The zero-order chi connectivity index (χ0) is 22.4. The van der Waals surface area contributed by atoms with Gasteiger partial charge in [0.25, 0.3) is 0 Å². The van der Waals surface area contributed by atoms with Crippen LogP contribution in [0.25, 0.3) is 0 Å². The van der Waals surface area contributed by atoms with Crippen molar-refractivity contribution < 1.29 is 42.5 Å². The minimum Gasteiger partial charge on any atom is -0.479 e. The Morgan fingerprint density at radius 1 is 1.27 bits per heavy atom. The maximum Gasteiger partial charge on any atom is 0.417 e. The van der Waals surface area contributed by atoms with Crippen LogP contribution in [0, 0.1) is 23.2 Å². The number of carboxylic acid groups (broad SMARTS) is 1. The van der Waals surface area contributed by atoms with Crippen molar-refractivity contribution in [3.05, 3.63) is 29.3 Å². The quantitative estimate of drug-likeness (QED) is 0.688. The first-order valence-corrected chi connectivity index (χ1v) is 8.86. The van der Waals surface area contributed by atoms with Crippen LogP contribution in [0.3, 0.4) is 0 Å². The lowest BCUT2D eigenvalue weighted by Crippen LogP contribution is -2.62. The average molecular weight is 424 g/mol. The Morgan fingerprint density at radius 3 is 2.40 bits per heavy atom. The number of aliphatic hydroxyl groups is 1. The van der Waals surface area contributed by atoms with Crippen molar-refractivity contribution in [2.75, 3.05) is 4.90 Å². The van der Waals surface area contributed by atoms with Crippen LogP contribution in [0.15, 0.2) is 18.2 Å². The maximum absolute atomic E-state index is 13.3. The molecule has 158 valence electrons. The summed E-state index contributed by atoms with van der Waals surface area (Å²) in [7, 11) is 0. The summed E-state index contributed by atoms with van der Waals surface area (Å²) < 4.78 is 45.7. The van der Waals surface area contributed by atoms with Gasteiger partial charge in [-0.25, -0.2) is 9.69 Å². The van der Waals surface area contributed by atoms with E-state index in [9.17, 15) is 37.8 Å². The van der Waals surface area contributed by atoms with E-state index in [1.807, 2.05) is 0 Å². The fraction of sp³-hybridized carbons (Fsp3) is 0.474. The molecule has 11 heteroatoms. The molecule has 2 amide bonds. The van der Waals surface area contributed by atoms with Crippen LogP contribution in [-0.2, 0) is 25.3 Å². The van der Waals surface area contributed by atoms with Crippen molar-refractivity contribution in [2.24, 2.45) is 11.8 Å². The van der Waals surface area contributed by atoms with Gasteiger partial charge in [-0.3, -0.25) is 9.59 Å². The highest BCUT2D eigenvalue weighted by atomic mass is 19.4. The number of amides is 2. The number of benzene rings is 1. The number of carbonyl (C=O) groups is 3. The Balaban J connectivity index is 1.83. The summed E-state index contributed by atoms with van der Waals surface area (Å²) in [5.41, 5.74) is -8.26. The van der Waals surface area contributed by atoms with E-state index in [1.54, 1.807) is 0 Å². The van der Waals surface area contributed by atoms with Gasteiger partial charge in [0.1, 0.15) is 5.60 Å². The van der Waals surface area contributed by atoms with Gasteiger partial charge in [0, 0.05) is 6.42 Å². The monoisotopic (exact) mass is 424 g/mol. The minimum atomic E-state index is -4.90. The van der Waals surface area contributed by atoms with Gasteiger partial charge in [0.15, 0.2) is 5.60 Å². The third-order valence-corrected chi connectivity index (χ3v) is 6.47. The SMILES string of the molecule is C[C@@]12C[C@@](O)(C(=O)O)[C@](C)(O1)C1C(=O)N(c3ccc(C#N)c(C(F)(F)F)c3)C(=O)C12. The zero-order valence-electron chi connectivity index (χ0n) is 15.6. The highest BCUT2D eigenvalue weighted by molar-refractivity contribution is 6.23. The molecule has 4 rings (SSSR count). The molecule has 2 bridgehead atoms. The molecule has 0 radical (unpaired) electrons. The van der Waals surface area contributed by atoms with E-state index >= 15 is 0 Å². The van der Waals surface area contributed by atoms with Crippen LogP contribution < -0.4 is 4.90 Å². The largest absolute Gasteiger partial charge is 0.479 e. The number of fused-ring (bicyclic) bond motifs is 5. The Labute approximate surface area is 167 Å². The predicted molar refractivity (Wildman–Crippen MR) is 90.7 cm³/mol. The van der Waals surface area contributed by atoms with Gasteiger partial charge in [-0.2, -0.15) is 18.4 Å². The van der Waals surface area contributed by atoms with Crippen LogP contribution in [-0.4, -0.2) is 44.8 Å². The number of imide groups is 1. The number of halogens is 3. The van der Waals surface area contributed by atoms with Gasteiger partial charge in [-0.05, 0) is 32.0 Å². The molecule has 3 heterocycles. The Morgan fingerprint density at radius 2 is 1.87 bits per heavy atom. The zero-order valence-corrected chi connectivity index (χ0v) is 15.6. The molecule has 5 atom stereocenters. The molecular weight excluding hydrogens is 409 g/mol. The van der Waals surface area contributed by atoms with Crippen molar-refractivity contribution in [1.82, 2.24) is 0 Å². The number of alkyl halides is 3. The van der Waals surface area contributed by atoms with Gasteiger partial charge in [-0.15, -0.1) is 0 Å². The molecule has 3 saturated heterocycles. The van der Waals surface area contributed by atoms with Crippen molar-refractivity contribution in [2.45, 2.75) is 43.2 Å². The van der Waals surface area contributed by atoms with Crippen molar-refractivity contribution >= 4 is 23.5 Å². The van der Waals surface area contributed by atoms with Crippen LogP contribution in [0.1, 0.15) is 31.4 Å². The molecule has 2 N–H and O–H groups in total. The lowest BCUT2D eigenvalue weighted by Gasteiger charge is -2.39. The number of anilines is 1. The van der Waals surface area contributed by atoms with Gasteiger partial charge < -0.3 is 14.9 Å². The van der Waals surface area contributed by atoms with Crippen molar-refractivity contribution in [1.29, 1.82) is 5.26 Å². The van der Waals surface area contributed by atoms with Crippen LogP contribution in [0.2, 0.25) is 0 Å². The van der Waals surface area contributed by atoms with E-state index in [4.69, 9.17) is 10.00 Å². The predicted octanol–water partition coefficient (Wildman–Crippen LogP) is 1.45. The number of aliphatic carboxylic acids is 1. The highest BCUT2D eigenvalue weighted by Crippen LogP contribution is 2.64. The van der Waals surface area contributed by atoms with Gasteiger partial charge >= 0.3 is 12.1 Å². The second-order valence-corrected chi connectivity index (χ2v) is 8.17. The summed E-state index contributed by atoms with van der Waals surface area (Å²) >= 11 is 0. The third-order valence-electron chi connectivity index (χ3n) is 6.47. The van der Waals surface area contributed by atoms with Gasteiger partial charge in [0.2, 0.25) is 11.8 Å². The summed E-state index contributed by atoms with van der Waals surface area (Å²) in [5.74, 6) is -5.99. The summed E-state index contributed by atoms with van der Waals surface area (Å²) in [6.45, 7) is 2.61. The molecule has 0 spiro atoms. The number of rotatable bonds is 2. The Hall–Kier alpha value is -2.97. The molecule has 0 aromatic heterocycles. The molecular formula is C19H15F3N2O6. The van der Waals surface area contributed by atoms with Crippen LogP contribution in [0.4, 0.5) is 18.9 Å². The first-order chi connectivity index (χ1) is 13.7. The van der Waals surface area contributed by atoms with E-state index in [0.717, 1.165) is 12.1 Å². The molecule has 3 aliphatic heterocycles. The normalized spacial score (nSPS) is 37.4. The van der Waals surface area contributed by atoms with E-state index in [1.165, 1.54) is 19.9 Å². The number of hydrogen-bond acceptors (Lipinski definition) is 6. The van der Waals surface area contributed by atoms with Gasteiger partial charge in [-0.1, -0.05) is 0 Å². The molecule has 8 nitrogen and oxygen atoms in total. The minimum absolute atomic E-state index is 0.392. The van der Waals surface area contributed by atoms with E-state index in [-0.39, 0.29) is 0 Å². The molecule has 1 aromatic carbocycles. The molecule has 3 fully saturated rings.